The van der Waals surface area contributed by atoms with Crippen LogP contribution in [-0.4, -0.2) is 40.3 Å². The molecule has 1 aromatic carbocycles. The Labute approximate surface area is 142 Å². The van der Waals surface area contributed by atoms with Gasteiger partial charge in [-0.2, -0.15) is 0 Å². The summed E-state index contributed by atoms with van der Waals surface area (Å²) in [6.45, 7) is 4.88. The SMILES string of the molecule is CCS(=O)(=O)NCCNC(=NC)NCc1oc2ccccc2c1C. The lowest BCUT2D eigenvalue weighted by atomic mass is 10.1. The molecule has 0 fully saturated rings. The van der Waals surface area contributed by atoms with E-state index in [2.05, 4.69) is 20.3 Å². The van der Waals surface area contributed by atoms with Crippen LogP contribution < -0.4 is 15.4 Å². The summed E-state index contributed by atoms with van der Waals surface area (Å²) in [5.74, 6) is 1.52. The number of para-hydroxylation sites is 1. The van der Waals surface area contributed by atoms with Gasteiger partial charge in [-0.15, -0.1) is 0 Å². The van der Waals surface area contributed by atoms with Gasteiger partial charge in [-0.1, -0.05) is 18.2 Å². The van der Waals surface area contributed by atoms with Gasteiger partial charge in [-0.3, -0.25) is 4.99 Å². The molecule has 3 N–H and O–H groups in total. The molecule has 2 aromatic rings. The van der Waals surface area contributed by atoms with Crippen LogP contribution in [0.2, 0.25) is 0 Å². The molecule has 0 aliphatic rings. The average Bonchev–Trinajstić information content (AvgIpc) is 2.91. The molecule has 132 valence electrons. The summed E-state index contributed by atoms with van der Waals surface area (Å²) >= 11 is 0. The topological polar surface area (TPSA) is 95.7 Å². The number of hydrogen-bond donors (Lipinski definition) is 3. The van der Waals surface area contributed by atoms with Crippen LogP contribution in [-0.2, 0) is 16.6 Å². The van der Waals surface area contributed by atoms with Gasteiger partial charge in [-0.05, 0) is 19.9 Å². The lowest BCUT2D eigenvalue weighted by Gasteiger charge is -2.11. The monoisotopic (exact) mass is 352 g/mol. The summed E-state index contributed by atoms with van der Waals surface area (Å²) < 4.78 is 31.0. The van der Waals surface area contributed by atoms with E-state index >= 15 is 0 Å². The van der Waals surface area contributed by atoms with E-state index in [9.17, 15) is 8.42 Å². The number of aryl methyl sites for hydroxylation is 1. The first-order chi connectivity index (χ1) is 11.5. The zero-order chi connectivity index (χ0) is 17.6. The fraction of sp³-hybridized carbons (Fsp3) is 0.438. The van der Waals surface area contributed by atoms with Crippen LogP contribution in [0.1, 0.15) is 18.2 Å². The summed E-state index contributed by atoms with van der Waals surface area (Å²) in [5, 5.41) is 7.33. The van der Waals surface area contributed by atoms with Gasteiger partial charge in [0, 0.05) is 31.1 Å². The van der Waals surface area contributed by atoms with Crippen molar-refractivity contribution in [3.63, 3.8) is 0 Å². The number of guanidine groups is 1. The highest BCUT2D eigenvalue weighted by Crippen LogP contribution is 2.24. The molecule has 0 unspecified atom stereocenters. The molecular weight excluding hydrogens is 328 g/mol. The molecule has 2 rings (SSSR count). The van der Waals surface area contributed by atoms with Gasteiger partial charge in [0.25, 0.3) is 0 Å². The van der Waals surface area contributed by atoms with Crippen molar-refractivity contribution in [2.45, 2.75) is 20.4 Å². The number of nitrogens with zero attached hydrogens (tertiary/aromatic N) is 1. The van der Waals surface area contributed by atoms with Crippen LogP contribution >= 0.6 is 0 Å². The summed E-state index contributed by atoms with van der Waals surface area (Å²) in [6.07, 6.45) is 0. The number of hydrogen-bond acceptors (Lipinski definition) is 4. The van der Waals surface area contributed by atoms with Crippen LogP contribution in [0.3, 0.4) is 0 Å². The van der Waals surface area contributed by atoms with Gasteiger partial charge in [0.15, 0.2) is 5.96 Å². The molecule has 7 nitrogen and oxygen atoms in total. The molecule has 1 heterocycles. The molecule has 8 heteroatoms. The van der Waals surface area contributed by atoms with Crippen molar-refractivity contribution in [3.8, 4) is 0 Å². The normalized spacial score (nSPS) is 12.5. The average molecular weight is 352 g/mol. The molecule has 24 heavy (non-hydrogen) atoms. The number of sulfonamides is 1. The summed E-state index contributed by atoms with van der Waals surface area (Å²) in [5.41, 5.74) is 1.97. The molecule has 0 saturated carbocycles. The highest BCUT2D eigenvalue weighted by molar-refractivity contribution is 7.89. The van der Waals surface area contributed by atoms with Crippen LogP contribution in [0, 0.1) is 6.92 Å². The lowest BCUT2D eigenvalue weighted by Crippen LogP contribution is -2.41. The van der Waals surface area contributed by atoms with E-state index in [0.29, 0.717) is 25.6 Å². The quantitative estimate of drug-likeness (QED) is 0.397. The van der Waals surface area contributed by atoms with Gasteiger partial charge in [0.05, 0.1) is 12.3 Å². The molecule has 0 bridgehead atoms. The number of rotatable bonds is 7. The number of aliphatic imine (C=N–C) groups is 1. The van der Waals surface area contributed by atoms with E-state index in [1.165, 1.54) is 0 Å². The molecule has 0 aliphatic heterocycles. The molecule has 0 amide bonds. The highest BCUT2D eigenvalue weighted by Gasteiger charge is 2.10. The van der Waals surface area contributed by atoms with Crippen molar-refractivity contribution in [3.05, 3.63) is 35.6 Å². The fourth-order valence-electron chi connectivity index (χ4n) is 2.27. The molecule has 0 spiro atoms. The van der Waals surface area contributed by atoms with Crippen molar-refractivity contribution in [1.29, 1.82) is 0 Å². The fourth-order valence-corrected chi connectivity index (χ4v) is 2.88. The third-order valence-electron chi connectivity index (χ3n) is 3.70. The highest BCUT2D eigenvalue weighted by atomic mass is 32.2. The first kappa shape index (κ1) is 18.3. The molecule has 0 atom stereocenters. The molecule has 1 aromatic heterocycles. The Kier molecular flexibility index (Phi) is 6.22. The van der Waals surface area contributed by atoms with Crippen molar-refractivity contribution in [2.75, 3.05) is 25.9 Å². The maximum atomic E-state index is 11.3. The Hall–Kier alpha value is -2.06. The van der Waals surface area contributed by atoms with Gasteiger partial charge in [0.2, 0.25) is 10.0 Å². The van der Waals surface area contributed by atoms with E-state index in [1.54, 1.807) is 14.0 Å². The Morgan fingerprint density at radius 1 is 1.21 bits per heavy atom. The maximum Gasteiger partial charge on any atom is 0.211 e. The maximum absolute atomic E-state index is 11.3. The third kappa shape index (κ3) is 4.72. The van der Waals surface area contributed by atoms with Gasteiger partial charge in [0.1, 0.15) is 11.3 Å². The first-order valence-corrected chi connectivity index (χ1v) is 9.51. The minimum absolute atomic E-state index is 0.0747. The number of fused-ring (bicyclic) bond motifs is 1. The molecule has 0 radical (unpaired) electrons. The van der Waals surface area contributed by atoms with Gasteiger partial charge < -0.3 is 15.1 Å². The van der Waals surface area contributed by atoms with Gasteiger partial charge >= 0.3 is 0 Å². The number of furan rings is 1. The van der Waals surface area contributed by atoms with E-state index in [0.717, 1.165) is 22.3 Å². The number of nitrogens with one attached hydrogen (secondary N) is 3. The summed E-state index contributed by atoms with van der Waals surface area (Å²) in [7, 11) is -1.50. The van der Waals surface area contributed by atoms with Crippen LogP contribution in [0.15, 0.2) is 33.7 Å². The number of benzene rings is 1. The van der Waals surface area contributed by atoms with Crippen molar-refractivity contribution in [2.24, 2.45) is 4.99 Å². The Morgan fingerprint density at radius 2 is 1.96 bits per heavy atom. The smallest absolute Gasteiger partial charge is 0.211 e. The Bertz CT molecular complexity index is 812. The minimum Gasteiger partial charge on any atom is -0.459 e. The predicted octanol–water partition coefficient (Wildman–Crippen LogP) is 1.35. The van der Waals surface area contributed by atoms with Crippen molar-refractivity contribution in [1.82, 2.24) is 15.4 Å². The Balaban J connectivity index is 1.86. The van der Waals surface area contributed by atoms with Crippen LogP contribution in [0.4, 0.5) is 0 Å². The van der Waals surface area contributed by atoms with Crippen LogP contribution in [0.5, 0.6) is 0 Å². The summed E-state index contributed by atoms with van der Waals surface area (Å²) in [6, 6.07) is 7.91. The van der Waals surface area contributed by atoms with E-state index in [4.69, 9.17) is 4.42 Å². The zero-order valence-electron chi connectivity index (χ0n) is 14.2. The Morgan fingerprint density at radius 3 is 2.62 bits per heavy atom. The lowest BCUT2D eigenvalue weighted by molar-refractivity contribution is 0.534. The van der Waals surface area contributed by atoms with Crippen LogP contribution in [0.25, 0.3) is 11.0 Å². The minimum atomic E-state index is -3.17. The second-order valence-electron chi connectivity index (χ2n) is 5.30. The predicted molar refractivity (Wildman–Crippen MR) is 96.6 cm³/mol. The second kappa shape index (κ2) is 8.16. The van der Waals surface area contributed by atoms with Crippen molar-refractivity contribution < 1.29 is 12.8 Å². The molecule has 0 aliphatic carbocycles. The summed E-state index contributed by atoms with van der Waals surface area (Å²) in [4.78, 5) is 4.12. The van der Waals surface area contributed by atoms with E-state index < -0.39 is 10.0 Å². The first-order valence-electron chi connectivity index (χ1n) is 7.85. The van der Waals surface area contributed by atoms with E-state index in [-0.39, 0.29) is 5.75 Å². The largest absolute Gasteiger partial charge is 0.459 e. The second-order valence-corrected chi connectivity index (χ2v) is 7.39. The van der Waals surface area contributed by atoms with Crippen molar-refractivity contribution >= 4 is 27.0 Å². The van der Waals surface area contributed by atoms with E-state index in [1.807, 2.05) is 31.2 Å². The molecular formula is C16H24N4O3S. The molecule has 0 saturated heterocycles. The van der Waals surface area contributed by atoms with Gasteiger partial charge in [-0.25, -0.2) is 13.1 Å². The zero-order valence-corrected chi connectivity index (χ0v) is 15.0. The third-order valence-corrected chi connectivity index (χ3v) is 5.11. The standard InChI is InChI=1S/C16H24N4O3S/c1-4-24(21,22)20-10-9-18-16(17-3)19-11-15-12(2)13-7-5-6-8-14(13)23-15/h5-8,20H,4,9-11H2,1-3H3,(H2,17,18,19).